The standard InChI is InChI=1S/C19H18BrFN2O3/c20-15-7-5-12(6-8-15)18-14(9-17(24)25)10-22-19(26)23(18)11-13-3-1-2-4-16(13)21/h1-8,14,18H,9-11H2,(H,22,26)(H,24,25). The molecule has 5 nitrogen and oxygen atoms in total. The average molecular weight is 421 g/mol. The van der Waals surface area contributed by atoms with Crippen LogP contribution >= 0.6 is 15.9 Å². The van der Waals surface area contributed by atoms with Gasteiger partial charge in [0.05, 0.1) is 19.0 Å². The van der Waals surface area contributed by atoms with Crippen molar-refractivity contribution in [3.8, 4) is 0 Å². The molecule has 26 heavy (non-hydrogen) atoms. The maximum atomic E-state index is 14.1. The van der Waals surface area contributed by atoms with Gasteiger partial charge in [0.2, 0.25) is 0 Å². The van der Waals surface area contributed by atoms with Crippen LogP contribution in [0, 0.1) is 11.7 Å². The van der Waals surface area contributed by atoms with E-state index in [2.05, 4.69) is 21.2 Å². The molecule has 1 aliphatic rings. The van der Waals surface area contributed by atoms with Gasteiger partial charge in [-0.15, -0.1) is 0 Å². The number of carboxylic acid groups (broad SMARTS) is 1. The summed E-state index contributed by atoms with van der Waals surface area (Å²) in [4.78, 5) is 25.3. The smallest absolute Gasteiger partial charge is 0.318 e. The van der Waals surface area contributed by atoms with E-state index in [0.717, 1.165) is 10.0 Å². The highest BCUT2D eigenvalue weighted by atomic mass is 79.9. The fraction of sp³-hybridized carbons (Fsp3) is 0.263. The Labute approximate surface area is 158 Å². The van der Waals surface area contributed by atoms with E-state index >= 15 is 0 Å². The highest BCUT2D eigenvalue weighted by Gasteiger charge is 2.38. The Balaban J connectivity index is 1.98. The van der Waals surface area contributed by atoms with E-state index in [1.807, 2.05) is 24.3 Å². The summed E-state index contributed by atoms with van der Waals surface area (Å²) in [5, 5.41) is 12.0. The summed E-state index contributed by atoms with van der Waals surface area (Å²) in [6.07, 6.45) is -0.0885. The second kappa shape index (κ2) is 7.86. The molecule has 1 fully saturated rings. The van der Waals surface area contributed by atoms with Crippen molar-refractivity contribution in [2.45, 2.75) is 19.0 Å². The summed E-state index contributed by atoms with van der Waals surface area (Å²) in [6, 6.07) is 12.9. The van der Waals surface area contributed by atoms with Gasteiger partial charge in [0, 0.05) is 22.5 Å². The molecular weight excluding hydrogens is 403 g/mol. The Kier molecular flexibility index (Phi) is 5.56. The van der Waals surface area contributed by atoms with Gasteiger partial charge in [-0.1, -0.05) is 46.3 Å². The number of hydrogen-bond acceptors (Lipinski definition) is 2. The van der Waals surface area contributed by atoms with E-state index < -0.39 is 17.8 Å². The number of carbonyl (C=O) groups excluding carboxylic acids is 1. The van der Waals surface area contributed by atoms with Gasteiger partial charge in [-0.2, -0.15) is 0 Å². The zero-order chi connectivity index (χ0) is 18.7. The highest BCUT2D eigenvalue weighted by Crippen LogP contribution is 2.35. The van der Waals surface area contributed by atoms with Gasteiger partial charge in [0.1, 0.15) is 5.82 Å². The minimum absolute atomic E-state index is 0.0648. The number of benzene rings is 2. The van der Waals surface area contributed by atoms with Crippen LogP contribution in [0.3, 0.4) is 0 Å². The fourth-order valence-electron chi connectivity index (χ4n) is 3.31. The molecule has 0 aliphatic carbocycles. The van der Waals surface area contributed by atoms with Crippen LogP contribution in [0.2, 0.25) is 0 Å². The minimum atomic E-state index is -0.931. The predicted octanol–water partition coefficient (Wildman–Crippen LogP) is 3.95. The molecule has 2 N–H and O–H groups in total. The minimum Gasteiger partial charge on any atom is -0.481 e. The summed E-state index contributed by atoms with van der Waals surface area (Å²) >= 11 is 3.38. The van der Waals surface area contributed by atoms with Crippen LogP contribution in [0.15, 0.2) is 53.0 Å². The molecule has 2 aromatic carbocycles. The van der Waals surface area contributed by atoms with Gasteiger partial charge in [-0.25, -0.2) is 9.18 Å². The highest BCUT2D eigenvalue weighted by molar-refractivity contribution is 9.10. The quantitative estimate of drug-likeness (QED) is 0.769. The number of aliphatic carboxylic acids is 1. The first-order valence-corrected chi connectivity index (χ1v) is 9.00. The van der Waals surface area contributed by atoms with E-state index in [9.17, 15) is 19.1 Å². The average Bonchev–Trinajstić information content (AvgIpc) is 2.60. The van der Waals surface area contributed by atoms with Gasteiger partial charge in [-0.05, 0) is 23.8 Å². The van der Waals surface area contributed by atoms with Crippen LogP contribution in [-0.2, 0) is 11.3 Å². The van der Waals surface area contributed by atoms with E-state index in [1.165, 1.54) is 11.0 Å². The van der Waals surface area contributed by atoms with Crippen LogP contribution in [0.4, 0.5) is 9.18 Å². The van der Waals surface area contributed by atoms with Crippen molar-refractivity contribution in [3.63, 3.8) is 0 Å². The fourth-order valence-corrected chi connectivity index (χ4v) is 3.58. The normalized spacial score (nSPS) is 19.9. The van der Waals surface area contributed by atoms with E-state index in [4.69, 9.17) is 0 Å². The third-order valence-electron chi connectivity index (χ3n) is 4.51. The number of nitrogens with zero attached hydrogens (tertiary/aromatic N) is 1. The maximum absolute atomic E-state index is 14.1. The largest absolute Gasteiger partial charge is 0.481 e. The Hall–Kier alpha value is -2.41. The topological polar surface area (TPSA) is 69.6 Å². The number of amides is 2. The first kappa shape index (κ1) is 18.4. The van der Waals surface area contributed by atoms with Crippen LogP contribution in [-0.4, -0.2) is 28.6 Å². The Morgan fingerprint density at radius 1 is 1.23 bits per heavy atom. The third-order valence-corrected chi connectivity index (χ3v) is 5.03. The van der Waals surface area contributed by atoms with Crippen molar-refractivity contribution < 1.29 is 19.1 Å². The molecule has 2 unspecified atom stereocenters. The third kappa shape index (κ3) is 4.04. The van der Waals surface area contributed by atoms with Crippen molar-refractivity contribution in [1.82, 2.24) is 10.2 Å². The number of rotatable bonds is 5. The molecule has 2 amide bonds. The van der Waals surface area contributed by atoms with Gasteiger partial charge >= 0.3 is 12.0 Å². The van der Waals surface area contributed by atoms with Crippen molar-refractivity contribution in [1.29, 1.82) is 0 Å². The summed E-state index contributed by atoms with van der Waals surface area (Å²) < 4.78 is 15.0. The lowest BCUT2D eigenvalue weighted by Crippen LogP contribution is -2.52. The molecular formula is C19H18BrFN2O3. The number of carboxylic acids is 1. The number of hydrogen-bond donors (Lipinski definition) is 2. The molecule has 0 radical (unpaired) electrons. The number of halogens is 2. The van der Waals surface area contributed by atoms with Crippen molar-refractivity contribution in [3.05, 3.63) is 69.9 Å². The molecule has 1 aliphatic heterocycles. The van der Waals surface area contributed by atoms with Crippen molar-refractivity contribution >= 4 is 27.9 Å². The Morgan fingerprint density at radius 3 is 2.58 bits per heavy atom. The molecule has 0 aromatic heterocycles. The molecule has 2 atom stereocenters. The van der Waals surface area contributed by atoms with Crippen LogP contribution in [0.5, 0.6) is 0 Å². The molecule has 7 heteroatoms. The van der Waals surface area contributed by atoms with Crippen LogP contribution in [0.25, 0.3) is 0 Å². The zero-order valence-electron chi connectivity index (χ0n) is 13.9. The lowest BCUT2D eigenvalue weighted by atomic mass is 9.87. The molecule has 1 saturated heterocycles. The molecule has 0 spiro atoms. The van der Waals surface area contributed by atoms with Crippen LogP contribution in [0.1, 0.15) is 23.6 Å². The van der Waals surface area contributed by atoms with E-state index in [0.29, 0.717) is 5.56 Å². The summed E-state index contributed by atoms with van der Waals surface area (Å²) in [5.41, 5.74) is 1.21. The molecule has 2 aromatic rings. The van der Waals surface area contributed by atoms with Gasteiger partial charge < -0.3 is 15.3 Å². The van der Waals surface area contributed by atoms with Gasteiger partial charge in [0.15, 0.2) is 0 Å². The summed E-state index contributed by atoms with van der Waals surface area (Å²) in [5.74, 6) is -1.65. The van der Waals surface area contributed by atoms with E-state index in [1.54, 1.807) is 18.2 Å². The van der Waals surface area contributed by atoms with Gasteiger partial charge in [-0.3, -0.25) is 4.79 Å². The van der Waals surface area contributed by atoms with E-state index in [-0.39, 0.29) is 31.5 Å². The Morgan fingerprint density at radius 2 is 1.92 bits per heavy atom. The second-order valence-electron chi connectivity index (χ2n) is 6.26. The van der Waals surface area contributed by atoms with Crippen molar-refractivity contribution in [2.75, 3.05) is 6.54 Å². The molecule has 0 bridgehead atoms. The second-order valence-corrected chi connectivity index (χ2v) is 7.18. The van der Waals surface area contributed by atoms with Crippen LogP contribution < -0.4 is 5.32 Å². The molecule has 1 heterocycles. The SMILES string of the molecule is O=C(O)CC1CNC(=O)N(Cc2ccccc2F)C1c1ccc(Br)cc1. The Bertz CT molecular complexity index is 813. The molecule has 3 rings (SSSR count). The maximum Gasteiger partial charge on any atom is 0.318 e. The summed E-state index contributed by atoms with van der Waals surface area (Å²) in [7, 11) is 0. The van der Waals surface area contributed by atoms with Gasteiger partial charge in [0.25, 0.3) is 0 Å². The zero-order valence-corrected chi connectivity index (χ0v) is 15.4. The number of carbonyl (C=O) groups is 2. The molecule has 0 saturated carbocycles. The number of urea groups is 1. The monoisotopic (exact) mass is 420 g/mol. The van der Waals surface area contributed by atoms with Crippen molar-refractivity contribution in [2.24, 2.45) is 5.92 Å². The lowest BCUT2D eigenvalue weighted by molar-refractivity contribution is -0.138. The first-order chi connectivity index (χ1) is 12.5. The predicted molar refractivity (Wildman–Crippen MR) is 98.0 cm³/mol. The summed E-state index contributed by atoms with van der Waals surface area (Å²) in [6.45, 7) is 0.328. The lowest BCUT2D eigenvalue weighted by Gasteiger charge is -2.41. The molecule has 136 valence electrons. The number of nitrogens with one attached hydrogen (secondary N) is 1. The first-order valence-electron chi connectivity index (χ1n) is 8.21.